The SMILES string of the molecule is CCc1ccc(Oc2ncc(N)s2)cc1. The van der Waals surface area contributed by atoms with Gasteiger partial charge in [0.1, 0.15) is 10.8 Å². The number of benzene rings is 1. The Morgan fingerprint density at radius 1 is 1.33 bits per heavy atom. The van der Waals surface area contributed by atoms with Crippen LogP contribution in [0.1, 0.15) is 12.5 Å². The molecule has 1 aromatic carbocycles. The largest absolute Gasteiger partial charge is 0.431 e. The summed E-state index contributed by atoms with van der Waals surface area (Å²) in [6.45, 7) is 2.12. The molecule has 0 fully saturated rings. The highest BCUT2D eigenvalue weighted by Crippen LogP contribution is 2.27. The van der Waals surface area contributed by atoms with E-state index in [1.165, 1.54) is 16.9 Å². The van der Waals surface area contributed by atoms with Gasteiger partial charge in [-0.05, 0) is 24.1 Å². The Morgan fingerprint density at radius 3 is 2.60 bits per heavy atom. The zero-order valence-electron chi connectivity index (χ0n) is 8.43. The number of hydrogen-bond donors (Lipinski definition) is 1. The van der Waals surface area contributed by atoms with Crippen molar-refractivity contribution in [1.29, 1.82) is 0 Å². The summed E-state index contributed by atoms with van der Waals surface area (Å²) >= 11 is 1.34. The zero-order chi connectivity index (χ0) is 10.7. The molecule has 1 aromatic heterocycles. The highest BCUT2D eigenvalue weighted by molar-refractivity contribution is 7.17. The molecule has 2 aromatic rings. The van der Waals surface area contributed by atoms with E-state index >= 15 is 0 Å². The summed E-state index contributed by atoms with van der Waals surface area (Å²) in [6, 6.07) is 7.98. The van der Waals surface area contributed by atoms with Gasteiger partial charge in [-0.25, -0.2) is 4.98 Å². The van der Waals surface area contributed by atoms with Crippen molar-refractivity contribution in [2.24, 2.45) is 0 Å². The van der Waals surface area contributed by atoms with Crippen LogP contribution in [0.3, 0.4) is 0 Å². The van der Waals surface area contributed by atoms with Crippen LogP contribution in [0.15, 0.2) is 30.5 Å². The summed E-state index contributed by atoms with van der Waals surface area (Å²) in [5.74, 6) is 0.793. The second-order valence-corrected chi connectivity index (χ2v) is 4.15. The van der Waals surface area contributed by atoms with Crippen molar-refractivity contribution in [3.63, 3.8) is 0 Å². The van der Waals surface area contributed by atoms with Gasteiger partial charge in [0.15, 0.2) is 0 Å². The van der Waals surface area contributed by atoms with Crippen LogP contribution in [0.4, 0.5) is 5.00 Å². The molecule has 0 unspecified atom stereocenters. The maximum Gasteiger partial charge on any atom is 0.280 e. The highest BCUT2D eigenvalue weighted by Gasteiger charge is 2.01. The van der Waals surface area contributed by atoms with Gasteiger partial charge >= 0.3 is 0 Å². The number of nitrogen functional groups attached to an aromatic ring is 1. The molecule has 2 rings (SSSR count). The number of aromatic nitrogens is 1. The fourth-order valence-electron chi connectivity index (χ4n) is 1.21. The van der Waals surface area contributed by atoms with Gasteiger partial charge in [-0.15, -0.1) is 0 Å². The quantitative estimate of drug-likeness (QED) is 0.864. The van der Waals surface area contributed by atoms with Crippen LogP contribution < -0.4 is 10.5 Å². The second-order valence-electron chi connectivity index (χ2n) is 3.13. The number of anilines is 1. The number of hydrogen-bond acceptors (Lipinski definition) is 4. The van der Waals surface area contributed by atoms with Crippen LogP contribution in [0.2, 0.25) is 0 Å². The van der Waals surface area contributed by atoms with E-state index < -0.39 is 0 Å². The van der Waals surface area contributed by atoms with E-state index in [0.717, 1.165) is 12.2 Å². The lowest BCUT2D eigenvalue weighted by Gasteiger charge is -2.02. The molecule has 0 radical (unpaired) electrons. The highest BCUT2D eigenvalue weighted by atomic mass is 32.1. The maximum absolute atomic E-state index is 5.55. The van der Waals surface area contributed by atoms with Gasteiger partial charge < -0.3 is 10.5 Å². The van der Waals surface area contributed by atoms with E-state index in [1.54, 1.807) is 6.20 Å². The maximum atomic E-state index is 5.55. The first-order chi connectivity index (χ1) is 7.28. The third-order valence-electron chi connectivity index (χ3n) is 2.04. The molecule has 0 amide bonds. The van der Waals surface area contributed by atoms with E-state index in [2.05, 4.69) is 11.9 Å². The van der Waals surface area contributed by atoms with Gasteiger partial charge in [-0.3, -0.25) is 0 Å². The first kappa shape index (κ1) is 9.98. The predicted molar refractivity (Wildman–Crippen MR) is 62.4 cm³/mol. The summed E-state index contributed by atoms with van der Waals surface area (Å²) in [6.07, 6.45) is 2.63. The van der Waals surface area contributed by atoms with Crippen LogP contribution in [0.25, 0.3) is 0 Å². The number of aryl methyl sites for hydroxylation is 1. The Kier molecular flexibility index (Phi) is 2.87. The molecule has 0 spiro atoms. The first-order valence-corrected chi connectivity index (χ1v) is 5.57. The van der Waals surface area contributed by atoms with E-state index in [0.29, 0.717) is 10.2 Å². The molecule has 1 heterocycles. The molecule has 0 aliphatic heterocycles. The molecule has 0 saturated carbocycles. The van der Waals surface area contributed by atoms with Gasteiger partial charge in [0, 0.05) is 0 Å². The Bertz CT molecular complexity index is 436. The smallest absolute Gasteiger partial charge is 0.280 e. The molecule has 2 N–H and O–H groups in total. The van der Waals surface area contributed by atoms with E-state index in [1.807, 2.05) is 24.3 Å². The molecule has 78 valence electrons. The van der Waals surface area contributed by atoms with Crippen molar-refractivity contribution in [2.45, 2.75) is 13.3 Å². The van der Waals surface area contributed by atoms with Crippen LogP contribution >= 0.6 is 11.3 Å². The van der Waals surface area contributed by atoms with Gasteiger partial charge in [0.25, 0.3) is 5.19 Å². The van der Waals surface area contributed by atoms with Crippen LogP contribution in [0, 0.1) is 0 Å². The monoisotopic (exact) mass is 220 g/mol. The van der Waals surface area contributed by atoms with E-state index in [-0.39, 0.29) is 0 Å². The number of thiazole rings is 1. The van der Waals surface area contributed by atoms with Crippen molar-refractivity contribution >= 4 is 16.3 Å². The van der Waals surface area contributed by atoms with E-state index in [4.69, 9.17) is 10.5 Å². The lowest BCUT2D eigenvalue weighted by Crippen LogP contribution is -1.84. The van der Waals surface area contributed by atoms with Crippen molar-refractivity contribution in [3.8, 4) is 10.9 Å². The number of rotatable bonds is 3. The van der Waals surface area contributed by atoms with Crippen molar-refractivity contribution in [1.82, 2.24) is 4.98 Å². The summed E-state index contributed by atoms with van der Waals surface area (Å²) in [4.78, 5) is 4.02. The fraction of sp³-hybridized carbons (Fsp3) is 0.182. The minimum absolute atomic E-state index is 0.580. The molecule has 0 aliphatic rings. The lowest BCUT2D eigenvalue weighted by atomic mass is 10.2. The van der Waals surface area contributed by atoms with Gasteiger partial charge in [-0.1, -0.05) is 30.4 Å². The molecule has 0 atom stereocenters. The van der Waals surface area contributed by atoms with E-state index in [9.17, 15) is 0 Å². The van der Waals surface area contributed by atoms with Gasteiger partial charge in [0.05, 0.1) is 6.20 Å². The summed E-state index contributed by atoms with van der Waals surface area (Å²) in [7, 11) is 0. The second kappa shape index (κ2) is 4.31. The average molecular weight is 220 g/mol. The minimum Gasteiger partial charge on any atom is -0.431 e. The van der Waals surface area contributed by atoms with Gasteiger partial charge in [-0.2, -0.15) is 0 Å². The third-order valence-corrected chi connectivity index (χ3v) is 2.74. The van der Waals surface area contributed by atoms with Crippen LogP contribution in [-0.2, 0) is 6.42 Å². The predicted octanol–water partition coefficient (Wildman–Crippen LogP) is 3.08. The van der Waals surface area contributed by atoms with Crippen molar-refractivity contribution < 1.29 is 4.74 Å². The number of nitrogens with zero attached hydrogens (tertiary/aromatic N) is 1. The Labute approximate surface area is 92.5 Å². The minimum atomic E-state index is 0.580. The normalized spacial score (nSPS) is 10.2. The fourth-order valence-corrected chi connectivity index (χ4v) is 1.76. The molecular formula is C11H12N2OS. The first-order valence-electron chi connectivity index (χ1n) is 4.76. The Balaban J connectivity index is 2.11. The molecule has 4 heteroatoms. The third kappa shape index (κ3) is 2.47. The molecule has 0 aliphatic carbocycles. The Hall–Kier alpha value is -1.55. The van der Waals surface area contributed by atoms with Crippen LogP contribution in [-0.4, -0.2) is 4.98 Å². The summed E-state index contributed by atoms with van der Waals surface area (Å²) in [5.41, 5.74) is 6.85. The number of nitrogens with two attached hydrogens (primary N) is 1. The average Bonchev–Trinajstić information content (AvgIpc) is 2.65. The molecule has 0 bridgehead atoms. The zero-order valence-corrected chi connectivity index (χ0v) is 9.25. The summed E-state index contributed by atoms with van der Waals surface area (Å²) in [5, 5.41) is 1.24. The number of ether oxygens (including phenoxy) is 1. The van der Waals surface area contributed by atoms with Crippen molar-refractivity contribution in [2.75, 3.05) is 5.73 Å². The lowest BCUT2D eigenvalue weighted by molar-refractivity contribution is 0.478. The molecule has 0 saturated heterocycles. The van der Waals surface area contributed by atoms with Gasteiger partial charge in [0.2, 0.25) is 0 Å². The molecular weight excluding hydrogens is 208 g/mol. The molecule has 15 heavy (non-hydrogen) atoms. The topological polar surface area (TPSA) is 48.1 Å². The Morgan fingerprint density at radius 2 is 2.07 bits per heavy atom. The van der Waals surface area contributed by atoms with Crippen molar-refractivity contribution in [3.05, 3.63) is 36.0 Å². The summed E-state index contributed by atoms with van der Waals surface area (Å²) < 4.78 is 5.53. The van der Waals surface area contributed by atoms with Crippen LogP contribution in [0.5, 0.6) is 10.9 Å². The standard InChI is InChI=1S/C11H12N2OS/c1-2-8-3-5-9(6-4-8)14-11-13-7-10(12)15-11/h3-7H,2,12H2,1H3. The molecule has 3 nitrogen and oxygen atoms in total.